The summed E-state index contributed by atoms with van der Waals surface area (Å²) in [7, 11) is 2.88. The minimum absolute atomic E-state index is 0.159. The Morgan fingerprint density at radius 1 is 1.13 bits per heavy atom. The van der Waals surface area contributed by atoms with Crippen molar-refractivity contribution < 1.29 is 18.8 Å². The minimum Gasteiger partial charge on any atom is -0.368 e. The third-order valence-electron chi connectivity index (χ3n) is 3.50. The molecule has 4 N–H and O–H groups in total. The average Bonchev–Trinajstić information content (AvgIpc) is 2.52. The fraction of sp³-hybridized carbons (Fsp3) is 0.400. The maximum absolute atomic E-state index is 12.9. The molecular formula is C15H21FN4O3. The molecule has 1 aromatic carbocycles. The van der Waals surface area contributed by atoms with E-state index >= 15 is 0 Å². The number of rotatable bonds is 7. The van der Waals surface area contributed by atoms with Crippen LogP contribution in [0.5, 0.6) is 0 Å². The van der Waals surface area contributed by atoms with Gasteiger partial charge in [0.1, 0.15) is 11.9 Å². The second kappa shape index (κ2) is 8.23. The molecule has 1 atom stereocenters. The van der Waals surface area contributed by atoms with E-state index in [2.05, 4.69) is 0 Å². The second-order valence-corrected chi connectivity index (χ2v) is 5.21. The van der Waals surface area contributed by atoms with Crippen molar-refractivity contribution in [3.05, 3.63) is 35.6 Å². The quantitative estimate of drug-likeness (QED) is 0.677. The molecule has 0 fully saturated rings. The van der Waals surface area contributed by atoms with Crippen molar-refractivity contribution >= 4 is 17.7 Å². The highest BCUT2D eigenvalue weighted by atomic mass is 19.1. The van der Waals surface area contributed by atoms with Crippen LogP contribution in [0.25, 0.3) is 0 Å². The number of nitrogens with two attached hydrogens (primary N) is 2. The van der Waals surface area contributed by atoms with E-state index in [-0.39, 0.29) is 25.4 Å². The molecule has 8 heteroatoms. The average molecular weight is 324 g/mol. The standard InChI is InChI=1S/C15H21FN4O3/c1-19(13(21)8-17)9-14(22)20(2)12(15(18)23)7-10-3-5-11(16)6-4-10/h3-6,12H,7-9,17H2,1-2H3,(H2,18,23). The van der Waals surface area contributed by atoms with Crippen LogP contribution in [0.4, 0.5) is 4.39 Å². The number of hydrogen-bond acceptors (Lipinski definition) is 4. The van der Waals surface area contributed by atoms with Gasteiger partial charge in [0.2, 0.25) is 17.7 Å². The number of carbonyl (C=O) groups is 3. The lowest BCUT2D eigenvalue weighted by Crippen LogP contribution is -2.50. The molecule has 0 aliphatic heterocycles. The molecule has 0 spiro atoms. The molecule has 126 valence electrons. The van der Waals surface area contributed by atoms with Gasteiger partial charge in [0.15, 0.2) is 0 Å². The van der Waals surface area contributed by atoms with E-state index in [1.807, 2.05) is 0 Å². The summed E-state index contributed by atoms with van der Waals surface area (Å²) in [6, 6.07) is 4.68. The van der Waals surface area contributed by atoms with Gasteiger partial charge in [0, 0.05) is 20.5 Å². The number of likely N-dealkylation sites (N-methyl/N-ethyl adjacent to an activating group) is 2. The maximum Gasteiger partial charge on any atom is 0.242 e. The number of hydrogen-bond donors (Lipinski definition) is 2. The van der Waals surface area contributed by atoms with Gasteiger partial charge in [-0.15, -0.1) is 0 Å². The van der Waals surface area contributed by atoms with Crippen LogP contribution in [0.2, 0.25) is 0 Å². The number of halogens is 1. The van der Waals surface area contributed by atoms with Gasteiger partial charge in [-0.25, -0.2) is 4.39 Å². The Bertz CT molecular complexity index is 577. The number of carbonyl (C=O) groups excluding carboxylic acids is 3. The van der Waals surface area contributed by atoms with Crippen molar-refractivity contribution in [2.75, 3.05) is 27.2 Å². The predicted octanol–water partition coefficient (Wildman–Crippen LogP) is -0.902. The molecular weight excluding hydrogens is 303 g/mol. The third kappa shape index (κ3) is 5.33. The van der Waals surface area contributed by atoms with Crippen molar-refractivity contribution in [3.8, 4) is 0 Å². The van der Waals surface area contributed by atoms with E-state index in [1.54, 1.807) is 0 Å². The SMILES string of the molecule is CN(CC(=O)N(C)C(Cc1ccc(F)cc1)C(N)=O)C(=O)CN. The molecule has 0 aromatic heterocycles. The first-order valence-electron chi connectivity index (χ1n) is 6.99. The van der Waals surface area contributed by atoms with Crippen molar-refractivity contribution in [1.29, 1.82) is 0 Å². The monoisotopic (exact) mass is 324 g/mol. The first-order valence-corrected chi connectivity index (χ1v) is 6.99. The normalized spacial score (nSPS) is 11.7. The lowest BCUT2D eigenvalue weighted by Gasteiger charge is -2.28. The van der Waals surface area contributed by atoms with Crippen LogP contribution in [-0.4, -0.2) is 60.7 Å². The van der Waals surface area contributed by atoms with Crippen molar-refractivity contribution in [1.82, 2.24) is 9.80 Å². The van der Waals surface area contributed by atoms with E-state index in [1.165, 1.54) is 48.2 Å². The Kier molecular flexibility index (Phi) is 6.65. The highest BCUT2D eigenvalue weighted by Crippen LogP contribution is 2.10. The highest BCUT2D eigenvalue weighted by Gasteiger charge is 2.26. The van der Waals surface area contributed by atoms with Crippen molar-refractivity contribution in [3.63, 3.8) is 0 Å². The Morgan fingerprint density at radius 2 is 1.70 bits per heavy atom. The van der Waals surface area contributed by atoms with Gasteiger partial charge in [-0.3, -0.25) is 14.4 Å². The predicted molar refractivity (Wildman–Crippen MR) is 82.5 cm³/mol. The topological polar surface area (TPSA) is 110 Å². The van der Waals surface area contributed by atoms with Gasteiger partial charge >= 0.3 is 0 Å². The summed E-state index contributed by atoms with van der Waals surface area (Å²) in [6.07, 6.45) is 0.159. The molecule has 1 aromatic rings. The fourth-order valence-corrected chi connectivity index (χ4v) is 2.00. The number of amides is 3. The highest BCUT2D eigenvalue weighted by molar-refractivity contribution is 5.89. The van der Waals surface area contributed by atoms with Gasteiger partial charge in [-0.1, -0.05) is 12.1 Å². The van der Waals surface area contributed by atoms with Crippen LogP contribution >= 0.6 is 0 Å². The van der Waals surface area contributed by atoms with Crippen molar-refractivity contribution in [2.45, 2.75) is 12.5 Å². The summed E-state index contributed by atoms with van der Waals surface area (Å²) in [5.41, 5.74) is 11.3. The molecule has 0 radical (unpaired) electrons. The Labute approximate surface area is 134 Å². The fourth-order valence-electron chi connectivity index (χ4n) is 2.00. The maximum atomic E-state index is 12.9. The van der Waals surface area contributed by atoms with Crippen LogP contribution in [0, 0.1) is 5.82 Å². The summed E-state index contributed by atoms with van der Waals surface area (Å²) in [4.78, 5) is 37.6. The molecule has 0 saturated carbocycles. The Morgan fingerprint density at radius 3 is 2.17 bits per heavy atom. The summed E-state index contributed by atoms with van der Waals surface area (Å²) in [5.74, 6) is -1.91. The van der Waals surface area contributed by atoms with Gasteiger partial charge in [-0.2, -0.15) is 0 Å². The molecule has 0 saturated heterocycles. The molecule has 1 unspecified atom stereocenters. The molecule has 0 bridgehead atoms. The van der Waals surface area contributed by atoms with Crippen LogP contribution in [0.1, 0.15) is 5.56 Å². The van der Waals surface area contributed by atoms with Gasteiger partial charge in [0.05, 0.1) is 13.1 Å². The third-order valence-corrected chi connectivity index (χ3v) is 3.50. The summed E-state index contributed by atoms with van der Waals surface area (Å²) in [6.45, 7) is -0.415. The zero-order chi connectivity index (χ0) is 17.6. The van der Waals surface area contributed by atoms with E-state index in [0.29, 0.717) is 5.56 Å². The molecule has 3 amide bonds. The Hall–Kier alpha value is -2.48. The molecule has 23 heavy (non-hydrogen) atoms. The molecule has 0 heterocycles. The first kappa shape index (κ1) is 18.6. The first-order chi connectivity index (χ1) is 10.8. The summed E-state index contributed by atoms with van der Waals surface area (Å²) >= 11 is 0. The van der Waals surface area contributed by atoms with Crippen LogP contribution in [0.3, 0.4) is 0 Å². The van der Waals surface area contributed by atoms with E-state index in [0.717, 1.165) is 0 Å². The second-order valence-electron chi connectivity index (χ2n) is 5.21. The van der Waals surface area contributed by atoms with Crippen LogP contribution in [-0.2, 0) is 20.8 Å². The number of primary amides is 1. The largest absolute Gasteiger partial charge is 0.368 e. The lowest BCUT2D eigenvalue weighted by molar-refractivity contribution is -0.141. The van der Waals surface area contributed by atoms with E-state index < -0.39 is 23.7 Å². The molecule has 7 nitrogen and oxygen atoms in total. The van der Waals surface area contributed by atoms with E-state index in [4.69, 9.17) is 11.5 Å². The zero-order valence-corrected chi connectivity index (χ0v) is 13.2. The van der Waals surface area contributed by atoms with Crippen LogP contribution in [0.15, 0.2) is 24.3 Å². The smallest absolute Gasteiger partial charge is 0.242 e. The van der Waals surface area contributed by atoms with Gasteiger partial charge < -0.3 is 21.3 Å². The van der Waals surface area contributed by atoms with Gasteiger partial charge in [0.25, 0.3) is 0 Å². The number of nitrogens with zero attached hydrogens (tertiary/aromatic N) is 2. The van der Waals surface area contributed by atoms with E-state index in [9.17, 15) is 18.8 Å². The number of benzene rings is 1. The van der Waals surface area contributed by atoms with Crippen molar-refractivity contribution in [2.24, 2.45) is 11.5 Å². The minimum atomic E-state index is -0.894. The molecule has 0 aliphatic carbocycles. The summed E-state index contributed by atoms with van der Waals surface area (Å²) < 4.78 is 12.9. The molecule has 1 rings (SSSR count). The van der Waals surface area contributed by atoms with Gasteiger partial charge in [-0.05, 0) is 17.7 Å². The Balaban J connectivity index is 2.79. The lowest BCUT2D eigenvalue weighted by atomic mass is 10.0. The zero-order valence-electron chi connectivity index (χ0n) is 13.2. The molecule has 0 aliphatic rings. The van der Waals surface area contributed by atoms with Crippen LogP contribution < -0.4 is 11.5 Å². The summed E-state index contributed by atoms with van der Waals surface area (Å²) in [5, 5.41) is 0.